The molecule has 0 spiro atoms. The van der Waals surface area contributed by atoms with Crippen molar-refractivity contribution in [2.45, 2.75) is 44.2 Å². The summed E-state index contributed by atoms with van der Waals surface area (Å²) in [6, 6.07) is 14.7. The third-order valence-corrected chi connectivity index (χ3v) is 8.34. The largest absolute Gasteiger partial charge is 0.496 e. The number of rotatable bonds is 7. The molecule has 3 aromatic rings. The van der Waals surface area contributed by atoms with Gasteiger partial charge in [-0.1, -0.05) is 35.5 Å². The monoisotopic (exact) mass is 469 g/mol. The Morgan fingerprint density at radius 1 is 1.12 bits per heavy atom. The van der Waals surface area contributed by atoms with Crippen molar-refractivity contribution in [3.8, 4) is 17.1 Å². The Bertz CT molecular complexity index is 1210. The van der Waals surface area contributed by atoms with Crippen LogP contribution in [0.3, 0.4) is 0 Å². The zero-order valence-electron chi connectivity index (χ0n) is 19.6. The molecular weight excluding hydrogens is 438 g/mol. The fourth-order valence-corrected chi connectivity index (χ4v) is 6.27. The molecule has 1 aliphatic rings. The molecule has 4 rings (SSSR count). The molecule has 0 atom stereocenters. The van der Waals surface area contributed by atoms with Crippen molar-refractivity contribution in [3.05, 3.63) is 65.4 Å². The number of aryl methyl sites for hydroxylation is 2. The van der Waals surface area contributed by atoms with Crippen molar-refractivity contribution in [1.82, 2.24) is 14.4 Å². The minimum Gasteiger partial charge on any atom is -0.496 e. The van der Waals surface area contributed by atoms with E-state index >= 15 is 0 Å². The number of methoxy groups -OCH3 is 1. The third kappa shape index (κ3) is 4.98. The van der Waals surface area contributed by atoms with Crippen LogP contribution in [0.2, 0.25) is 0 Å². The summed E-state index contributed by atoms with van der Waals surface area (Å²) in [6.45, 7) is 5.65. The summed E-state index contributed by atoms with van der Waals surface area (Å²) in [5.41, 5.74) is 3.00. The molecule has 33 heavy (non-hydrogen) atoms. The molecule has 2 heterocycles. The number of likely N-dealkylation sites (tertiary alicyclic amines) is 1. The normalized spacial score (nSPS) is 15.8. The van der Waals surface area contributed by atoms with Crippen LogP contribution in [0.4, 0.5) is 0 Å². The second-order valence-corrected chi connectivity index (χ2v) is 10.6. The molecule has 0 bridgehead atoms. The van der Waals surface area contributed by atoms with Crippen LogP contribution in [0.25, 0.3) is 11.3 Å². The van der Waals surface area contributed by atoms with E-state index in [2.05, 4.69) is 17.1 Å². The standard InChI is InChI=1S/C25H31N3O4S/c1-18-9-10-20(24-15-19(2)26-32-24)16-25(18)33(29,30)28(22-11-13-27(3)14-12-22)17-21-7-5-6-8-23(21)31-4/h5-10,15-16,22H,11-14,17H2,1-4H3. The fourth-order valence-electron chi connectivity index (χ4n) is 4.35. The van der Waals surface area contributed by atoms with Crippen LogP contribution in [-0.4, -0.2) is 56.1 Å². The lowest BCUT2D eigenvalue weighted by molar-refractivity contribution is 0.178. The Balaban J connectivity index is 1.77. The van der Waals surface area contributed by atoms with Crippen LogP contribution in [0.15, 0.2) is 57.9 Å². The Hall–Kier alpha value is -2.68. The fraction of sp³-hybridized carbons (Fsp3) is 0.400. The predicted octanol–water partition coefficient (Wildman–Crippen LogP) is 4.25. The average Bonchev–Trinajstić information content (AvgIpc) is 3.24. The summed E-state index contributed by atoms with van der Waals surface area (Å²) in [7, 11) is -0.115. The van der Waals surface area contributed by atoms with Crippen molar-refractivity contribution in [2.24, 2.45) is 0 Å². The zero-order chi connectivity index (χ0) is 23.6. The minimum atomic E-state index is -3.80. The van der Waals surface area contributed by atoms with Gasteiger partial charge >= 0.3 is 0 Å². The topological polar surface area (TPSA) is 75.9 Å². The number of sulfonamides is 1. The third-order valence-electron chi connectivity index (χ3n) is 6.30. The van der Waals surface area contributed by atoms with Crippen LogP contribution in [0.5, 0.6) is 5.75 Å². The van der Waals surface area contributed by atoms with Gasteiger partial charge in [0.15, 0.2) is 5.76 Å². The van der Waals surface area contributed by atoms with Gasteiger partial charge in [0.2, 0.25) is 10.0 Å². The van der Waals surface area contributed by atoms with E-state index in [1.165, 1.54) is 0 Å². The van der Waals surface area contributed by atoms with E-state index in [9.17, 15) is 8.42 Å². The van der Waals surface area contributed by atoms with Crippen LogP contribution >= 0.6 is 0 Å². The molecule has 176 valence electrons. The molecule has 0 amide bonds. The van der Waals surface area contributed by atoms with Crippen molar-refractivity contribution in [2.75, 3.05) is 27.2 Å². The highest BCUT2D eigenvalue weighted by Crippen LogP contribution is 2.32. The zero-order valence-corrected chi connectivity index (χ0v) is 20.4. The SMILES string of the molecule is COc1ccccc1CN(C1CCN(C)CC1)S(=O)(=O)c1cc(-c2cc(C)no2)ccc1C. The average molecular weight is 470 g/mol. The van der Waals surface area contributed by atoms with Gasteiger partial charge in [0.05, 0.1) is 17.7 Å². The molecule has 2 aromatic carbocycles. The number of nitrogens with zero attached hydrogens (tertiary/aromatic N) is 3. The lowest BCUT2D eigenvalue weighted by Gasteiger charge is -2.37. The summed E-state index contributed by atoms with van der Waals surface area (Å²) in [6.07, 6.45) is 1.57. The molecule has 1 aliphatic heterocycles. The molecule has 1 saturated heterocycles. The van der Waals surface area contributed by atoms with Gasteiger partial charge in [0.25, 0.3) is 0 Å². The molecule has 0 radical (unpaired) electrons. The second kappa shape index (κ2) is 9.67. The Morgan fingerprint density at radius 3 is 2.52 bits per heavy atom. The minimum absolute atomic E-state index is 0.0910. The quantitative estimate of drug-likeness (QED) is 0.515. The number of ether oxygens (including phenoxy) is 1. The molecule has 7 nitrogen and oxygen atoms in total. The van der Waals surface area contributed by atoms with E-state index in [0.29, 0.717) is 27.5 Å². The van der Waals surface area contributed by atoms with Gasteiger partial charge in [-0.25, -0.2) is 8.42 Å². The molecule has 0 aliphatic carbocycles. The molecule has 1 fully saturated rings. The number of benzene rings is 2. The first-order valence-corrected chi connectivity index (χ1v) is 12.6. The molecule has 1 aromatic heterocycles. The van der Waals surface area contributed by atoms with Crippen LogP contribution in [0.1, 0.15) is 29.7 Å². The lowest BCUT2D eigenvalue weighted by atomic mass is 10.0. The van der Waals surface area contributed by atoms with E-state index in [0.717, 1.165) is 37.2 Å². The predicted molar refractivity (Wildman–Crippen MR) is 128 cm³/mol. The van der Waals surface area contributed by atoms with Gasteiger partial charge in [0.1, 0.15) is 5.75 Å². The number of hydrogen-bond donors (Lipinski definition) is 0. The molecule has 8 heteroatoms. The van der Waals surface area contributed by atoms with Gasteiger partial charge in [0, 0.05) is 29.8 Å². The highest BCUT2D eigenvalue weighted by Gasteiger charge is 2.35. The van der Waals surface area contributed by atoms with Gasteiger partial charge in [-0.05, 0) is 64.5 Å². The Labute approximate surface area is 196 Å². The van der Waals surface area contributed by atoms with Gasteiger partial charge in [-0.15, -0.1) is 0 Å². The molecule has 0 saturated carbocycles. The highest BCUT2D eigenvalue weighted by atomic mass is 32.2. The van der Waals surface area contributed by atoms with Crippen LogP contribution in [-0.2, 0) is 16.6 Å². The number of para-hydroxylation sites is 1. The maximum absolute atomic E-state index is 14.2. The smallest absolute Gasteiger partial charge is 0.243 e. The van der Waals surface area contributed by atoms with E-state index < -0.39 is 10.0 Å². The summed E-state index contributed by atoms with van der Waals surface area (Å²) in [5.74, 6) is 1.24. The maximum Gasteiger partial charge on any atom is 0.243 e. The summed E-state index contributed by atoms with van der Waals surface area (Å²) < 4.78 is 40.9. The molecular formula is C25H31N3O4S. The first kappa shape index (κ1) is 23.5. The van der Waals surface area contributed by atoms with Crippen LogP contribution < -0.4 is 4.74 Å². The Kier molecular flexibility index (Phi) is 6.88. The van der Waals surface area contributed by atoms with Crippen molar-refractivity contribution in [3.63, 3.8) is 0 Å². The van der Waals surface area contributed by atoms with E-state index in [1.807, 2.05) is 56.3 Å². The highest BCUT2D eigenvalue weighted by molar-refractivity contribution is 7.89. The number of piperidine rings is 1. The number of hydrogen-bond acceptors (Lipinski definition) is 6. The van der Waals surface area contributed by atoms with E-state index in [4.69, 9.17) is 9.26 Å². The molecule has 0 N–H and O–H groups in total. The van der Waals surface area contributed by atoms with Crippen molar-refractivity contribution >= 4 is 10.0 Å². The second-order valence-electron chi connectivity index (χ2n) is 8.71. The van der Waals surface area contributed by atoms with E-state index in [1.54, 1.807) is 17.5 Å². The summed E-state index contributed by atoms with van der Waals surface area (Å²) in [4.78, 5) is 2.53. The first-order valence-electron chi connectivity index (χ1n) is 11.2. The van der Waals surface area contributed by atoms with Crippen LogP contribution in [0, 0.1) is 13.8 Å². The van der Waals surface area contributed by atoms with Gasteiger partial charge in [-0.2, -0.15) is 4.31 Å². The van der Waals surface area contributed by atoms with Gasteiger partial charge < -0.3 is 14.2 Å². The summed E-state index contributed by atoms with van der Waals surface area (Å²) >= 11 is 0. The maximum atomic E-state index is 14.2. The van der Waals surface area contributed by atoms with Gasteiger partial charge in [-0.3, -0.25) is 0 Å². The van der Waals surface area contributed by atoms with Crippen molar-refractivity contribution in [1.29, 1.82) is 0 Å². The van der Waals surface area contributed by atoms with E-state index in [-0.39, 0.29) is 12.6 Å². The Morgan fingerprint density at radius 2 is 1.85 bits per heavy atom. The number of aromatic nitrogens is 1. The molecule has 0 unspecified atom stereocenters. The lowest BCUT2D eigenvalue weighted by Crippen LogP contribution is -2.46. The summed E-state index contributed by atoms with van der Waals surface area (Å²) in [5, 5.41) is 3.94. The van der Waals surface area contributed by atoms with Crippen molar-refractivity contribution < 1.29 is 17.7 Å². The first-order chi connectivity index (χ1) is 15.8.